The molecule has 8 heteroatoms. The van der Waals surface area contributed by atoms with E-state index in [9.17, 15) is 13.2 Å². The van der Waals surface area contributed by atoms with Crippen LogP contribution in [0.2, 0.25) is 5.02 Å². The summed E-state index contributed by atoms with van der Waals surface area (Å²) in [5, 5.41) is 2.26. The topological polar surface area (TPSA) is 57.7 Å². The summed E-state index contributed by atoms with van der Waals surface area (Å²) in [6.07, 6.45) is 2.22. The standard InChI is InChI=1S/C18H21ClN2O3S2/c19-16-7-1-2-8-17(16)26(23,24)21-12-10-20(11-13-21)18(22)9-3-5-15-6-4-14-25-15/h1-2,4,6-8,14H,3,5,9-13H2. The fraction of sp³-hybridized carbons (Fsp3) is 0.389. The van der Waals surface area contributed by atoms with Crippen LogP contribution in [-0.4, -0.2) is 49.7 Å². The molecule has 0 N–H and O–H groups in total. The Labute approximate surface area is 163 Å². The van der Waals surface area contributed by atoms with E-state index >= 15 is 0 Å². The van der Waals surface area contributed by atoms with E-state index in [1.54, 1.807) is 34.4 Å². The highest BCUT2D eigenvalue weighted by Gasteiger charge is 2.31. The molecule has 0 saturated carbocycles. The predicted molar refractivity (Wildman–Crippen MR) is 104 cm³/mol. The van der Waals surface area contributed by atoms with Gasteiger partial charge in [0.1, 0.15) is 4.90 Å². The van der Waals surface area contributed by atoms with Crippen LogP contribution in [0.15, 0.2) is 46.7 Å². The highest BCUT2D eigenvalue weighted by atomic mass is 35.5. The number of carbonyl (C=O) groups excluding carboxylic acids is 1. The van der Waals surface area contributed by atoms with Crippen LogP contribution in [0.4, 0.5) is 0 Å². The van der Waals surface area contributed by atoms with Crippen LogP contribution in [0.1, 0.15) is 17.7 Å². The average Bonchev–Trinajstić information content (AvgIpc) is 3.15. The molecule has 140 valence electrons. The number of piperazine rings is 1. The van der Waals surface area contributed by atoms with Gasteiger partial charge in [-0.2, -0.15) is 4.31 Å². The largest absolute Gasteiger partial charge is 0.340 e. The lowest BCUT2D eigenvalue weighted by atomic mass is 10.2. The van der Waals surface area contributed by atoms with Gasteiger partial charge in [-0.1, -0.05) is 29.8 Å². The van der Waals surface area contributed by atoms with Gasteiger partial charge in [-0.15, -0.1) is 11.3 Å². The van der Waals surface area contributed by atoms with Gasteiger partial charge in [0.2, 0.25) is 15.9 Å². The number of hydrogen-bond donors (Lipinski definition) is 0. The van der Waals surface area contributed by atoms with Gasteiger partial charge in [0, 0.05) is 37.5 Å². The van der Waals surface area contributed by atoms with E-state index in [4.69, 9.17) is 11.6 Å². The minimum Gasteiger partial charge on any atom is -0.340 e. The first-order chi connectivity index (χ1) is 12.5. The fourth-order valence-corrected chi connectivity index (χ4v) is 5.66. The summed E-state index contributed by atoms with van der Waals surface area (Å²) in [5.74, 6) is 0.0938. The van der Waals surface area contributed by atoms with Gasteiger partial charge in [-0.25, -0.2) is 8.42 Å². The monoisotopic (exact) mass is 412 g/mol. The number of rotatable bonds is 6. The highest BCUT2D eigenvalue weighted by Crippen LogP contribution is 2.25. The molecule has 0 spiro atoms. The Morgan fingerprint density at radius 1 is 1.08 bits per heavy atom. The van der Waals surface area contributed by atoms with Crippen LogP contribution in [0.25, 0.3) is 0 Å². The first-order valence-electron chi connectivity index (χ1n) is 8.53. The predicted octanol–water partition coefficient (Wildman–Crippen LogP) is 3.26. The van der Waals surface area contributed by atoms with Gasteiger partial charge in [-0.05, 0) is 36.4 Å². The number of benzene rings is 1. The molecule has 0 radical (unpaired) electrons. The molecule has 1 amide bonds. The van der Waals surface area contributed by atoms with Crippen molar-refractivity contribution < 1.29 is 13.2 Å². The Bertz CT molecular complexity index is 845. The molecular weight excluding hydrogens is 392 g/mol. The van der Waals surface area contributed by atoms with Crippen molar-refractivity contribution in [2.75, 3.05) is 26.2 Å². The number of thiophene rings is 1. The minimum absolute atomic E-state index is 0.0938. The SMILES string of the molecule is O=C(CCCc1cccs1)N1CCN(S(=O)(=O)c2ccccc2Cl)CC1. The van der Waals surface area contributed by atoms with E-state index < -0.39 is 10.0 Å². The first-order valence-corrected chi connectivity index (χ1v) is 11.2. The summed E-state index contributed by atoms with van der Waals surface area (Å²) in [5.41, 5.74) is 0. The maximum Gasteiger partial charge on any atom is 0.244 e. The molecule has 5 nitrogen and oxygen atoms in total. The molecule has 0 atom stereocenters. The van der Waals surface area contributed by atoms with Crippen molar-refractivity contribution in [2.24, 2.45) is 0 Å². The minimum atomic E-state index is -3.62. The zero-order valence-electron chi connectivity index (χ0n) is 14.3. The van der Waals surface area contributed by atoms with Gasteiger partial charge < -0.3 is 4.90 Å². The van der Waals surface area contributed by atoms with Gasteiger partial charge >= 0.3 is 0 Å². The molecule has 1 aromatic heterocycles. The molecule has 1 saturated heterocycles. The number of carbonyl (C=O) groups is 1. The second-order valence-electron chi connectivity index (χ2n) is 6.15. The number of sulfonamides is 1. The smallest absolute Gasteiger partial charge is 0.244 e. The van der Waals surface area contributed by atoms with Crippen molar-refractivity contribution in [1.82, 2.24) is 9.21 Å². The van der Waals surface area contributed by atoms with Crippen molar-refractivity contribution in [3.63, 3.8) is 0 Å². The maximum absolute atomic E-state index is 12.7. The zero-order valence-corrected chi connectivity index (χ0v) is 16.7. The summed E-state index contributed by atoms with van der Waals surface area (Å²) >= 11 is 7.74. The molecular formula is C18H21ClN2O3S2. The number of amides is 1. The van der Waals surface area contributed by atoms with Crippen LogP contribution < -0.4 is 0 Å². The molecule has 0 aliphatic carbocycles. The van der Waals surface area contributed by atoms with Crippen LogP contribution in [-0.2, 0) is 21.2 Å². The van der Waals surface area contributed by atoms with E-state index in [0.717, 1.165) is 12.8 Å². The molecule has 1 aliphatic rings. The maximum atomic E-state index is 12.7. The summed E-state index contributed by atoms with van der Waals surface area (Å²) in [6.45, 7) is 1.43. The molecule has 2 heterocycles. The Morgan fingerprint density at radius 3 is 2.46 bits per heavy atom. The quantitative estimate of drug-likeness (QED) is 0.731. The Kier molecular flexibility index (Phi) is 6.34. The van der Waals surface area contributed by atoms with Crippen molar-refractivity contribution in [3.8, 4) is 0 Å². The molecule has 0 bridgehead atoms. The summed E-state index contributed by atoms with van der Waals surface area (Å²) in [6, 6.07) is 10.5. The molecule has 1 aromatic carbocycles. The second kappa shape index (κ2) is 8.52. The first kappa shape index (κ1) is 19.4. The van der Waals surface area contributed by atoms with Gasteiger partial charge in [0.05, 0.1) is 5.02 Å². The highest BCUT2D eigenvalue weighted by molar-refractivity contribution is 7.89. The lowest BCUT2D eigenvalue weighted by Crippen LogP contribution is -2.50. The zero-order chi connectivity index (χ0) is 18.6. The van der Waals surface area contributed by atoms with E-state index in [2.05, 4.69) is 6.07 Å². The molecule has 1 fully saturated rings. The summed E-state index contributed by atoms with van der Waals surface area (Å²) in [7, 11) is -3.62. The van der Waals surface area contributed by atoms with Crippen molar-refractivity contribution in [1.29, 1.82) is 0 Å². The van der Waals surface area contributed by atoms with Crippen molar-refractivity contribution >= 4 is 38.9 Å². The number of hydrogen-bond acceptors (Lipinski definition) is 4. The number of halogens is 1. The van der Waals surface area contributed by atoms with Crippen LogP contribution in [0, 0.1) is 0 Å². The molecule has 3 rings (SSSR count). The van der Waals surface area contributed by atoms with Crippen molar-refractivity contribution in [2.45, 2.75) is 24.2 Å². The van der Waals surface area contributed by atoms with Crippen LogP contribution in [0.3, 0.4) is 0 Å². The molecule has 2 aromatic rings. The van der Waals surface area contributed by atoms with E-state index in [1.165, 1.54) is 15.2 Å². The summed E-state index contributed by atoms with van der Waals surface area (Å²) in [4.78, 5) is 15.5. The van der Waals surface area contributed by atoms with Gasteiger partial charge in [0.25, 0.3) is 0 Å². The molecule has 1 aliphatic heterocycles. The second-order valence-corrected chi connectivity index (χ2v) is 9.49. The van der Waals surface area contributed by atoms with Gasteiger partial charge in [0.15, 0.2) is 0 Å². The Morgan fingerprint density at radius 2 is 1.81 bits per heavy atom. The number of nitrogens with zero attached hydrogens (tertiary/aromatic N) is 2. The van der Waals surface area contributed by atoms with Crippen LogP contribution >= 0.6 is 22.9 Å². The lowest BCUT2D eigenvalue weighted by Gasteiger charge is -2.34. The lowest BCUT2D eigenvalue weighted by molar-refractivity contribution is -0.132. The molecule has 0 unspecified atom stereocenters. The average molecular weight is 413 g/mol. The van der Waals surface area contributed by atoms with E-state index in [1.807, 2.05) is 11.4 Å². The third-order valence-corrected chi connectivity index (χ3v) is 7.77. The van der Waals surface area contributed by atoms with Gasteiger partial charge in [-0.3, -0.25) is 4.79 Å². The Hall–Kier alpha value is -1.41. The van der Waals surface area contributed by atoms with Crippen molar-refractivity contribution in [3.05, 3.63) is 51.7 Å². The fourth-order valence-electron chi connectivity index (χ4n) is 3.00. The third-order valence-electron chi connectivity index (χ3n) is 4.44. The normalized spacial score (nSPS) is 16.0. The van der Waals surface area contributed by atoms with Crippen LogP contribution in [0.5, 0.6) is 0 Å². The van der Waals surface area contributed by atoms with E-state index in [0.29, 0.717) is 32.6 Å². The number of aryl methyl sites for hydroxylation is 1. The molecule has 26 heavy (non-hydrogen) atoms. The third kappa shape index (κ3) is 4.46. The Balaban J connectivity index is 1.52. The summed E-state index contributed by atoms with van der Waals surface area (Å²) < 4.78 is 26.9. The van der Waals surface area contributed by atoms with E-state index in [-0.39, 0.29) is 15.8 Å².